The molecule has 0 saturated carbocycles. The Morgan fingerprint density at radius 3 is 2.88 bits per heavy atom. The second kappa shape index (κ2) is 5.51. The molecule has 0 amide bonds. The van der Waals surface area contributed by atoms with Crippen LogP contribution in [0.5, 0.6) is 0 Å². The molecule has 0 spiro atoms. The molecular formula is C14H21BrN2. The van der Waals surface area contributed by atoms with Crippen molar-refractivity contribution in [2.75, 3.05) is 13.1 Å². The van der Waals surface area contributed by atoms with Crippen molar-refractivity contribution in [1.29, 1.82) is 0 Å². The maximum absolute atomic E-state index is 6.07. The van der Waals surface area contributed by atoms with Gasteiger partial charge in [-0.05, 0) is 37.0 Å². The summed E-state index contributed by atoms with van der Waals surface area (Å²) < 4.78 is 1.16. The molecule has 17 heavy (non-hydrogen) atoms. The fourth-order valence-corrected chi connectivity index (χ4v) is 2.94. The molecule has 2 rings (SSSR count). The number of rotatable bonds is 2. The zero-order chi connectivity index (χ0) is 12.4. The van der Waals surface area contributed by atoms with Crippen molar-refractivity contribution in [3.8, 4) is 0 Å². The molecule has 0 radical (unpaired) electrons. The lowest BCUT2D eigenvalue weighted by Crippen LogP contribution is -2.46. The van der Waals surface area contributed by atoms with Crippen LogP contribution in [0.4, 0.5) is 0 Å². The van der Waals surface area contributed by atoms with E-state index in [0.29, 0.717) is 18.0 Å². The summed E-state index contributed by atoms with van der Waals surface area (Å²) >= 11 is 3.54. The van der Waals surface area contributed by atoms with Gasteiger partial charge in [-0.2, -0.15) is 0 Å². The third kappa shape index (κ3) is 3.09. The Morgan fingerprint density at radius 2 is 2.24 bits per heavy atom. The molecule has 1 aliphatic rings. The number of hydrogen-bond acceptors (Lipinski definition) is 2. The summed E-state index contributed by atoms with van der Waals surface area (Å²) in [5.41, 5.74) is 7.45. The van der Waals surface area contributed by atoms with Crippen LogP contribution < -0.4 is 5.73 Å². The average molecular weight is 297 g/mol. The highest BCUT2D eigenvalue weighted by atomic mass is 79.9. The predicted octanol–water partition coefficient (Wildman–Crippen LogP) is 3.18. The van der Waals surface area contributed by atoms with Crippen molar-refractivity contribution in [2.45, 2.75) is 32.4 Å². The van der Waals surface area contributed by atoms with Gasteiger partial charge in [-0.1, -0.05) is 35.0 Å². The lowest BCUT2D eigenvalue weighted by molar-refractivity contribution is 0.124. The summed E-state index contributed by atoms with van der Waals surface area (Å²) in [7, 11) is 0. The first-order valence-corrected chi connectivity index (χ1v) is 7.12. The summed E-state index contributed by atoms with van der Waals surface area (Å²) in [6.45, 7) is 6.75. The third-order valence-corrected chi connectivity index (χ3v) is 4.38. The molecule has 1 aliphatic heterocycles. The largest absolute Gasteiger partial charge is 0.327 e. The summed E-state index contributed by atoms with van der Waals surface area (Å²) in [6.07, 6.45) is 1.11. The van der Waals surface area contributed by atoms with E-state index in [2.05, 4.69) is 58.9 Å². The smallest absolute Gasteiger partial charge is 0.0320 e. The van der Waals surface area contributed by atoms with E-state index in [-0.39, 0.29) is 0 Å². The molecule has 3 unspecified atom stereocenters. The molecule has 0 aliphatic carbocycles. The van der Waals surface area contributed by atoms with E-state index in [1.807, 2.05) is 0 Å². The van der Waals surface area contributed by atoms with Gasteiger partial charge >= 0.3 is 0 Å². The van der Waals surface area contributed by atoms with Crippen LogP contribution in [0.3, 0.4) is 0 Å². The molecule has 0 aromatic heterocycles. The van der Waals surface area contributed by atoms with Crippen molar-refractivity contribution in [2.24, 2.45) is 11.7 Å². The summed E-state index contributed by atoms with van der Waals surface area (Å²) in [5, 5.41) is 0. The van der Waals surface area contributed by atoms with Gasteiger partial charge in [0.2, 0.25) is 0 Å². The monoisotopic (exact) mass is 296 g/mol. The van der Waals surface area contributed by atoms with Gasteiger partial charge < -0.3 is 5.73 Å². The molecule has 3 atom stereocenters. The predicted molar refractivity (Wildman–Crippen MR) is 75.9 cm³/mol. The zero-order valence-corrected chi connectivity index (χ0v) is 12.2. The molecule has 2 N–H and O–H groups in total. The second-order valence-electron chi connectivity index (χ2n) is 5.16. The maximum atomic E-state index is 6.07. The Hall–Kier alpha value is -0.380. The van der Waals surface area contributed by atoms with Gasteiger partial charge in [-0.25, -0.2) is 0 Å². The van der Waals surface area contributed by atoms with E-state index in [4.69, 9.17) is 5.73 Å². The van der Waals surface area contributed by atoms with Gasteiger partial charge in [0, 0.05) is 29.6 Å². The summed E-state index contributed by atoms with van der Waals surface area (Å²) in [5.74, 6) is 0.596. The minimum absolute atomic E-state index is 0.376. The van der Waals surface area contributed by atoms with Crippen LogP contribution in [0.2, 0.25) is 0 Å². The topological polar surface area (TPSA) is 29.3 Å². The highest BCUT2D eigenvalue weighted by Crippen LogP contribution is 2.27. The minimum Gasteiger partial charge on any atom is -0.327 e. The first-order valence-electron chi connectivity index (χ1n) is 6.33. The van der Waals surface area contributed by atoms with Crippen LogP contribution in [-0.4, -0.2) is 24.0 Å². The van der Waals surface area contributed by atoms with Gasteiger partial charge in [0.15, 0.2) is 0 Å². The minimum atomic E-state index is 0.376. The first-order chi connectivity index (χ1) is 8.08. The Morgan fingerprint density at radius 1 is 1.47 bits per heavy atom. The molecule has 2 nitrogen and oxygen atoms in total. The van der Waals surface area contributed by atoms with Crippen LogP contribution >= 0.6 is 15.9 Å². The Kier molecular flexibility index (Phi) is 4.23. The fourth-order valence-electron chi connectivity index (χ4n) is 2.53. The van der Waals surface area contributed by atoms with Crippen LogP contribution in [-0.2, 0) is 0 Å². The number of nitrogens with zero attached hydrogens (tertiary/aromatic N) is 1. The van der Waals surface area contributed by atoms with Crippen molar-refractivity contribution < 1.29 is 0 Å². The van der Waals surface area contributed by atoms with E-state index >= 15 is 0 Å². The maximum Gasteiger partial charge on any atom is 0.0320 e. The van der Waals surface area contributed by atoms with Crippen molar-refractivity contribution >= 4 is 15.9 Å². The van der Waals surface area contributed by atoms with Crippen molar-refractivity contribution in [3.05, 3.63) is 34.3 Å². The highest BCUT2D eigenvalue weighted by molar-refractivity contribution is 9.10. The van der Waals surface area contributed by atoms with Gasteiger partial charge in [0.1, 0.15) is 0 Å². The first kappa shape index (κ1) is 13.1. The SMILES string of the molecule is CC1CN(C(C)c2cccc(Br)c2)CCC1N. The third-order valence-electron chi connectivity index (χ3n) is 3.88. The zero-order valence-electron chi connectivity index (χ0n) is 10.6. The average Bonchev–Trinajstić information content (AvgIpc) is 2.32. The lowest BCUT2D eigenvalue weighted by Gasteiger charge is -2.38. The van der Waals surface area contributed by atoms with E-state index < -0.39 is 0 Å². The molecule has 1 fully saturated rings. The van der Waals surface area contributed by atoms with Gasteiger partial charge in [-0.3, -0.25) is 4.90 Å². The van der Waals surface area contributed by atoms with E-state index in [1.165, 1.54) is 5.56 Å². The number of likely N-dealkylation sites (tertiary alicyclic amines) is 1. The Labute approximate surface area is 112 Å². The number of benzene rings is 1. The van der Waals surface area contributed by atoms with Crippen LogP contribution in [0.15, 0.2) is 28.7 Å². The second-order valence-corrected chi connectivity index (χ2v) is 6.07. The Balaban J connectivity index is 2.07. The van der Waals surface area contributed by atoms with Gasteiger partial charge in [-0.15, -0.1) is 0 Å². The fraction of sp³-hybridized carbons (Fsp3) is 0.571. The van der Waals surface area contributed by atoms with Crippen LogP contribution in [0, 0.1) is 5.92 Å². The number of hydrogen-bond donors (Lipinski definition) is 1. The molecule has 1 aromatic rings. The molecule has 94 valence electrons. The molecule has 1 aromatic carbocycles. The summed E-state index contributed by atoms with van der Waals surface area (Å²) in [6, 6.07) is 9.45. The number of halogens is 1. The van der Waals surface area contributed by atoms with E-state index in [1.54, 1.807) is 0 Å². The standard InChI is InChI=1S/C14H21BrN2/c1-10-9-17(7-6-14(10)16)11(2)12-4-3-5-13(15)8-12/h3-5,8,10-11,14H,6-7,9,16H2,1-2H3. The van der Waals surface area contributed by atoms with E-state index in [0.717, 1.165) is 24.0 Å². The summed E-state index contributed by atoms with van der Waals surface area (Å²) in [4.78, 5) is 2.54. The van der Waals surface area contributed by atoms with Crippen molar-refractivity contribution in [3.63, 3.8) is 0 Å². The lowest BCUT2D eigenvalue weighted by atomic mass is 9.92. The Bertz CT molecular complexity index is 380. The quantitative estimate of drug-likeness (QED) is 0.908. The normalized spacial score (nSPS) is 28.0. The molecule has 1 heterocycles. The van der Waals surface area contributed by atoms with Crippen LogP contribution in [0.25, 0.3) is 0 Å². The molecular weight excluding hydrogens is 276 g/mol. The van der Waals surface area contributed by atoms with Gasteiger partial charge in [0.25, 0.3) is 0 Å². The van der Waals surface area contributed by atoms with E-state index in [9.17, 15) is 0 Å². The highest BCUT2D eigenvalue weighted by Gasteiger charge is 2.26. The van der Waals surface area contributed by atoms with Crippen molar-refractivity contribution in [1.82, 2.24) is 4.90 Å². The number of piperidine rings is 1. The molecule has 3 heteroatoms. The molecule has 0 bridgehead atoms. The van der Waals surface area contributed by atoms with Gasteiger partial charge in [0.05, 0.1) is 0 Å². The molecule has 1 saturated heterocycles. The number of nitrogens with two attached hydrogens (primary N) is 1. The van der Waals surface area contributed by atoms with Crippen LogP contribution in [0.1, 0.15) is 31.9 Å².